The molecular formula is C22H17F3N4O5S. The Morgan fingerprint density at radius 2 is 1.69 bits per heavy atom. The monoisotopic (exact) mass is 506 g/mol. The summed E-state index contributed by atoms with van der Waals surface area (Å²) in [6.45, 7) is -0.851. The van der Waals surface area contributed by atoms with Crippen molar-refractivity contribution >= 4 is 33.5 Å². The summed E-state index contributed by atoms with van der Waals surface area (Å²) in [6.07, 6.45) is -3.86. The molecule has 13 heteroatoms. The molecule has 1 amide bonds. The number of rotatable bonds is 8. The third kappa shape index (κ3) is 6.20. The highest BCUT2D eigenvalue weighted by molar-refractivity contribution is 7.92. The number of nitrogens with one attached hydrogen (secondary N) is 1. The smallest absolute Gasteiger partial charge is 0.271 e. The van der Waals surface area contributed by atoms with Gasteiger partial charge in [-0.05, 0) is 24.3 Å². The van der Waals surface area contributed by atoms with Crippen molar-refractivity contribution in [2.45, 2.75) is 11.1 Å². The van der Waals surface area contributed by atoms with Crippen LogP contribution in [0.25, 0.3) is 0 Å². The summed E-state index contributed by atoms with van der Waals surface area (Å²) in [6, 6.07) is 16.3. The third-order valence-electron chi connectivity index (χ3n) is 4.61. The Balaban J connectivity index is 1.89. The lowest BCUT2D eigenvalue weighted by Gasteiger charge is -2.23. The van der Waals surface area contributed by atoms with Gasteiger partial charge in [0, 0.05) is 17.7 Å². The lowest BCUT2D eigenvalue weighted by atomic mass is 10.1. The van der Waals surface area contributed by atoms with Crippen LogP contribution in [0.4, 0.5) is 24.5 Å². The fourth-order valence-electron chi connectivity index (χ4n) is 3.00. The Labute approximate surface area is 197 Å². The van der Waals surface area contributed by atoms with Crippen LogP contribution in [0.3, 0.4) is 0 Å². The van der Waals surface area contributed by atoms with Crippen molar-refractivity contribution in [1.82, 2.24) is 5.43 Å². The number of alkyl halides is 3. The van der Waals surface area contributed by atoms with Crippen molar-refractivity contribution in [1.29, 1.82) is 0 Å². The second-order valence-electron chi connectivity index (χ2n) is 6.98. The number of hydrazone groups is 1. The molecule has 0 saturated heterocycles. The van der Waals surface area contributed by atoms with Crippen molar-refractivity contribution in [3.05, 3.63) is 100 Å². The summed E-state index contributed by atoms with van der Waals surface area (Å²) in [5.74, 6) is -0.989. The van der Waals surface area contributed by atoms with Crippen LogP contribution in [0, 0.1) is 10.1 Å². The van der Waals surface area contributed by atoms with Gasteiger partial charge >= 0.3 is 6.18 Å². The Morgan fingerprint density at radius 1 is 1.03 bits per heavy atom. The Kier molecular flexibility index (Phi) is 7.49. The fourth-order valence-corrected chi connectivity index (χ4v) is 4.44. The molecule has 0 bridgehead atoms. The molecule has 0 aliphatic rings. The van der Waals surface area contributed by atoms with Gasteiger partial charge in [-0.2, -0.15) is 18.3 Å². The molecule has 0 radical (unpaired) electrons. The minimum atomic E-state index is -4.64. The summed E-state index contributed by atoms with van der Waals surface area (Å²) in [7, 11) is -4.35. The lowest BCUT2D eigenvalue weighted by Crippen LogP contribution is -2.39. The number of halogens is 3. The number of anilines is 1. The van der Waals surface area contributed by atoms with Crippen molar-refractivity contribution in [2.24, 2.45) is 5.10 Å². The van der Waals surface area contributed by atoms with Crippen molar-refractivity contribution in [3.63, 3.8) is 0 Å². The van der Waals surface area contributed by atoms with Crippen molar-refractivity contribution < 1.29 is 31.3 Å². The molecule has 0 aliphatic heterocycles. The number of non-ortho nitro benzene ring substituents is 1. The Morgan fingerprint density at radius 3 is 2.34 bits per heavy atom. The van der Waals surface area contributed by atoms with E-state index in [1.54, 1.807) is 6.07 Å². The highest BCUT2D eigenvalue weighted by Gasteiger charge is 2.32. The maximum absolute atomic E-state index is 13.2. The van der Waals surface area contributed by atoms with Gasteiger partial charge in [-0.3, -0.25) is 19.2 Å². The maximum Gasteiger partial charge on any atom is 0.417 e. The number of nitro groups is 1. The van der Waals surface area contributed by atoms with Gasteiger partial charge in [-0.25, -0.2) is 13.8 Å². The summed E-state index contributed by atoms with van der Waals surface area (Å²) in [5, 5.41) is 14.7. The number of carbonyl (C=O) groups excluding carboxylic acids is 1. The van der Waals surface area contributed by atoms with E-state index < -0.39 is 44.8 Å². The first kappa shape index (κ1) is 25.4. The van der Waals surface area contributed by atoms with Crippen LogP contribution in [0.2, 0.25) is 0 Å². The van der Waals surface area contributed by atoms with E-state index in [-0.39, 0.29) is 16.1 Å². The molecule has 0 aromatic heterocycles. The van der Waals surface area contributed by atoms with Gasteiger partial charge in [0.2, 0.25) is 0 Å². The minimum absolute atomic E-state index is 0.162. The number of hydrogen-bond acceptors (Lipinski definition) is 6. The van der Waals surface area contributed by atoms with Crippen LogP contribution in [0.15, 0.2) is 88.9 Å². The number of hydrogen-bond donors (Lipinski definition) is 1. The first-order chi connectivity index (χ1) is 16.5. The van der Waals surface area contributed by atoms with Crippen molar-refractivity contribution in [2.75, 3.05) is 10.8 Å². The molecule has 0 unspecified atom stereocenters. The van der Waals surface area contributed by atoms with Crippen molar-refractivity contribution in [3.8, 4) is 0 Å². The SMILES string of the molecule is O=C(CN(c1cccc([N+](=O)[O-])c1)S(=O)(=O)c1ccccc1)N/N=C\c1ccccc1C(F)(F)F. The zero-order chi connectivity index (χ0) is 25.6. The van der Waals surface area contributed by atoms with Gasteiger partial charge in [0.15, 0.2) is 0 Å². The number of nitro benzene ring substituents is 1. The molecule has 0 heterocycles. The summed E-state index contributed by atoms with van der Waals surface area (Å²) in [4.78, 5) is 22.8. The topological polar surface area (TPSA) is 122 Å². The lowest BCUT2D eigenvalue weighted by molar-refractivity contribution is -0.384. The average molecular weight is 506 g/mol. The second-order valence-corrected chi connectivity index (χ2v) is 8.84. The summed E-state index contributed by atoms with van der Waals surface area (Å²) < 4.78 is 66.4. The van der Waals surface area contributed by atoms with Crippen LogP contribution >= 0.6 is 0 Å². The van der Waals surface area contributed by atoms with Gasteiger partial charge in [0.25, 0.3) is 21.6 Å². The van der Waals surface area contributed by atoms with E-state index >= 15 is 0 Å². The van der Waals surface area contributed by atoms with E-state index in [0.29, 0.717) is 4.31 Å². The molecule has 0 spiro atoms. The molecule has 1 N–H and O–H groups in total. The number of amides is 1. The first-order valence-electron chi connectivity index (χ1n) is 9.80. The number of carbonyl (C=O) groups is 1. The zero-order valence-corrected chi connectivity index (χ0v) is 18.5. The van der Waals surface area contributed by atoms with Gasteiger partial charge in [-0.15, -0.1) is 0 Å². The normalized spacial score (nSPS) is 11.9. The molecule has 0 aliphatic carbocycles. The summed E-state index contributed by atoms with van der Waals surface area (Å²) >= 11 is 0. The highest BCUT2D eigenvalue weighted by Crippen LogP contribution is 2.31. The molecule has 35 heavy (non-hydrogen) atoms. The molecule has 9 nitrogen and oxygen atoms in total. The van der Waals surface area contributed by atoms with Crippen LogP contribution in [0.5, 0.6) is 0 Å². The molecule has 0 saturated carbocycles. The first-order valence-corrected chi connectivity index (χ1v) is 11.2. The molecule has 0 atom stereocenters. The predicted octanol–water partition coefficient (Wildman–Crippen LogP) is 3.96. The minimum Gasteiger partial charge on any atom is -0.271 e. The second kappa shape index (κ2) is 10.3. The van der Waals surface area contributed by atoms with Gasteiger partial charge in [0.05, 0.1) is 27.3 Å². The molecule has 3 rings (SSSR count). The Bertz CT molecular complexity index is 1360. The molecular weight excluding hydrogens is 489 g/mol. The van der Waals surface area contributed by atoms with E-state index in [4.69, 9.17) is 0 Å². The third-order valence-corrected chi connectivity index (χ3v) is 6.39. The van der Waals surface area contributed by atoms with E-state index in [2.05, 4.69) is 5.10 Å². The molecule has 0 fully saturated rings. The van der Waals surface area contributed by atoms with Gasteiger partial charge < -0.3 is 0 Å². The maximum atomic E-state index is 13.2. The average Bonchev–Trinajstić information content (AvgIpc) is 2.82. The van der Waals surface area contributed by atoms with Crippen LogP contribution in [0.1, 0.15) is 11.1 Å². The fraction of sp³-hybridized carbons (Fsp3) is 0.0909. The molecule has 182 valence electrons. The molecule has 3 aromatic rings. The van der Waals surface area contributed by atoms with Crippen LogP contribution in [-0.2, 0) is 21.0 Å². The zero-order valence-electron chi connectivity index (χ0n) is 17.7. The molecule has 3 aromatic carbocycles. The van der Waals surface area contributed by atoms with E-state index in [0.717, 1.165) is 30.5 Å². The van der Waals surface area contributed by atoms with E-state index in [1.807, 2.05) is 5.43 Å². The van der Waals surface area contributed by atoms with Crippen LogP contribution < -0.4 is 9.73 Å². The van der Waals surface area contributed by atoms with Gasteiger partial charge in [-0.1, -0.05) is 42.5 Å². The highest BCUT2D eigenvalue weighted by atomic mass is 32.2. The number of sulfonamides is 1. The predicted molar refractivity (Wildman–Crippen MR) is 121 cm³/mol. The van der Waals surface area contributed by atoms with E-state index in [1.165, 1.54) is 48.5 Å². The quantitative estimate of drug-likeness (QED) is 0.282. The van der Waals surface area contributed by atoms with Crippen LogP contribution in [-0.4, -0.2) is 32.0 Å². The van der Waals surface area contributed by atoms with E-state index in [9.17, 15) is 36.5 Å². The standard InChI is InChI=1S/C22H17F3N4O5S/c23-22(24,25)20-12-5-4-7-16(20)14-26-27-21(30)15-28(17-8-6-9-18(13-17)29(31)32)35(33,34)19-10-2-1-3-11-19/h1-14H,15H2,(H,27,30)/b26-14-. The number of benzene rings is 3. The summed E-state index contributed by atoms with van der Waals surface area (Å²) in [5.41, 5.74) is 0.145. The van der Waals surface area contributed by atoms with Gasteiger partial charge in [0.1, 0.15) is 6.54 Å². The Hall–Kier alpha value is -4.26. The number of nitrogens with zero attached hydrogens (tertiary/aromatic N) is 3. The largest absolute Gasteiger partial charge is 0.417 e.